The average Bonchev–Trinajstić information content (AvgIpc) is 3.59. The Morgan fingerprint density at radius 3 is 2.36 bits per heavy atom. The van der Waals surface area contributed by atoms with Crippen LogP contribution in [0.4, 0.5) is 10.1 Å². The van der Waals surface area contributed by atoms with Crippen molar-refractivity contribution in [1.29, 1.82) is 0 Å². The highest BCUT2D eigenvalue weighted by Crippen LogP contribution is 2.36. The number of nitrogens with zero attached hydrogens (tertiary/aromatic N) is 1. The lowest BCUT2D eigenvalue weighted by molar-refractivity contribution is 0.102. The largest absolute Gasteiger partial charge is 0.322 e. The molecule has 0 bridgehead atoms. The molecule has 2 aliphatic carbocycles. The van der Waals surface area contributed by atoms with Gasteiger partial charge in [0.2, 0.25) is 0 Å². The fourth-order valence-electron chi connectivity index (χ4n) is 7.25. The molecular formula is C39H33FN2O3. The lowest BCUT2D eigenvalue weighted by atomic mass is 9.75. The summed E-state index contributed by atoms with van der Waals surface area (Å²) < 4.78 is 15.1. The zero-order valence-corrected chi connectivity index (χ0v) is 25.3. The first-order valence-corrected chi connectivity index (χ1v) is 15.5. The third-order valence-corrected chi connectivity index (χ3v) is 9.64. The minimum atomic E-state index is -0.413. The normalized spacial score (nSPS) is 18.7. The van der Waals surface area contributed by atoms with Gasteiger partial charge < -0.3 is 5.32 Å². The summed E-state index contributed by atoms with van der Waals surface area (Å²) in [5.74, 6) is 1.12. The van der Waals surface area contributed by atoms with Crippen LogP contribution >= 0.6 is 0 Å². The van der Waals surface area contributed by atoms with Crippen LogP contribution in [0.15, 0.2) is 84.4 Å². The van der Waals surface area contributed by atoms with E-state index < -0.39 is 5.92 Å². The Hall–Kier alpha value is -4.90. The second-order valence-corrected chi connectivity index (χ2v) is 12.2. The number of likely N-dealkylation sites (tertiary alicyclic amines) is 1. The van der Waals surface area contributed by atoms with Crippen molar-refractivity contribution in [3.8, 4) is 0 Å². The smallest absolute Gasteiger partial charge is 0.255 e. The van der Waals surface area contributed by atoms with Crippen LogP contribution in [0.25, 0.3) is 11.6 Å². The number of hydrogen-bond donors (Lipinski definition) is 1. The number of halogens is 1. The molecule has 6 heteroatoms. The van der Waals surface area contributed by atoms with Crippen molar-refractivity contribution in [1.82, 2.24) is 4.90 Å². The molecule has 5 nitrogen and oxygen atoms in total. The Balaban J connectivity index is 1.36. The van der Waals surface area contributed by atoms with E-state index in [-0.39, 0.29) is 23.5 Å². The van der Waals surface area contributed by atoms with Crippen molar-refractivity contribution in [2.45, 2.75) is 39.2 Å². The zero-order chi connectivity index (χ0) is 31.2. The number of hydrogen-bond acceptors (Lipinski definition) is 4. The second kappa shape index (κ2) is 11.6. The van der Waals surface area contributed by atoms with E-state index in [1.165, 1.54) is 6.07 Å². The van der Waals surface area contributed by atoms with Gasteiger partial charge in [-0.15, -0.1) is 0 Å². The van der Waals surface area contributed by atoms with E-state index in [1.54, 1.807) is 36.4 Å². The molecule has 1 heterocycles. The number of rotatable bonds is 5. The van der Waals surface area contributed by atoms with E-state index in [0.29, 0.717) is 39.6 Å². The number of amides is 1. The van der Waals surface area contributed by atoms with Crippen LogP contribution in [0.3, 0.4) is 0 Å². The van der Waals surface area contributed by atoms with Gasteiger partial charge in [0.15, 0.2) is 5.78 Å². The quantitative estimate of drug-likeness (QED) is 0.241. The van der Waals surface area contributed by atoms with Gasteiger partial charge in [0.05, 0.1) is 6.04 Å². The predicted molar refractivity (Wildman–Crippen MR) is 173 cm³/mol. The second-order valence-electron chi connectivity index (χ2n) is 12.2. The maximum atomic E-state index is 15.1. The molecule has 0 aromatic heterocycles. The van der Waals surface area contributed by atoms with Crippen LogP contribution in [0.1, 0.15) is 63.2 Å². The standard InChI is InChI=1S/C39H33FN2O3/c1-23-8-3-4-9-28(23)39(45)41-27-14-12-25(13-15-27)38(44)36-24(2)26(22-43)20-33-31(36)17-16-30-29-10-7-11-34(40)32(29)21-35(37(30)33)42-18-5-6-19-42/h3-4,7-17,21,24,35H,5-6,18-20H2,1-2H3,(H,41,45). The summed E-state index contributed by atoms with van der Waals surface area (Å²) in [5.41, 5.74) is 5.60. The molecule has 1 fully saturated rings. The molecule has 1 aliphatic heterocycles. The van der Waals surface area contributed by atoms with Gasteiger partial charge in [-0.05, 0) is 102 Å². The Morgan fingerprint density at radius 1 is 0.889 bits per heavy atom. The molecule has 0 radical (unpaired) electrons. The number of anilines is 1. The van der Waals surface area contributed by atoms with Gasteiger partial charge in [-0.1, -0.05) is 55.5 Å². The first kappa shape index (κ1) is 28.8. The summed E-state index contributed by atoms with van der Waals surface area (Å²) in [6.45, 7) is 5.59. The summed E-state index contributed by atoms with van der Waals surface area (Å²) in [7, 11) is 0. The van der Waals surface area contributed by atoms with E-state index in [1.807, 2.05) is 56.3 Å². The first-order valence-electron chi connectivity index (χ1n) is 15.5. The van der Waals surface area contributed by atoms with E-state index in [4.69, 9.17) is 0 Å². The van der Waals surface area contributed by atoms with Crippen molar-refractivity contribution < 1.29 is 18.8 Å². The Morgan fingerprint density at radius 2 is 1.62 bits per heavy atom. The number of carbonyl (C=O) groups is 2. The van der Waals surface area contributed by atoms with Crippen molar-refractivity contribution in [2.24, 2.45) is 5.92 Å². The maximum Gasteiger partial charge on any atom is 0.255 e. The van der Waals surface area contributed by atoms with E-state index in [0.717, 1.165) is 58.3 Å². The molecule has 7 rings (SSSR count). The summed E-state index contributed by atoms with van der Waals surface area (Å²) in [6.07, 6.45) is 4.57. The monoisotopic (exact) mass is 596 g/mol. The van der Waals surface area contributed by atoms with Gasteiger partial charge in [-0.3, -0.25) is 14.5 Å². The minimum absolute atomic E-state index is 0.157. The van der Waals surface area contributed by atoms with Crippen LogP contribution in [-0.2, 0) is 11.2 Å². The van der Waals surface area contributed by atoms with Crippen LogP contribution in [0, 0.1) is 29.1 Å². The number of carbonyl (C=O) groups excluding carboxylic acids is 3. The molecule has 224 valence electrons. The molecular weight excluding hydrogens is 563 g/mol. The number of allylic oxidation sites excluding steroid dienone is 1. The number of Topliss-reactive ketones (excluding diaryl/α,β-unsaturated/α-hetero) is 1. The van der Waals surface area contributed by atoms with Crippen molar-refractivity contribution in [3.63, 3.8) is 0 Å². The van der Waals surface area contributed by atoms with Crippen LogP contribution in [-0.4, -0.2) is 35.6 Å². The molecule has 1 amide bonds. The average molecular weight is 597 g/mol. The van der Waals surface area contributed by atoms with Gasteiger partial charge in [-0.25, -0.2) is 9.18 Å². The van der Waals surface area contributed by atoms with E-state index in [9.17, 15) is 14.4 Å². The van der Waals surface area contributed by atoms with Crippen molar-refractivity contribution >= 4 is 35.0 Å². The van der Waals surface area contributed by atoms with Gasteiger partial charge >= 0.3 is 0 Å². The summed E-state index contributed by atoms with van der Waals surface area (Å²) >= 11 is 0. The SMILES string of the molecule is Cc1ccccc1C(=O)Nc1ccc(C(=O)C2=c3ccc4c(c3CC(=C=O)C2C)C(N2CCCC2)C=c2c(F)cccc2=4)cc1. The van der Waals surface area contributed by atoms with Crippen molar-refractivity contribution in [3.05, 3.63) is 139 Å². The predicted octanol–water partition coefficient (Wildman–Crippen LogP) is 5.59. The lowest BCUT2D eigenvalue weighted by Gasteiger charge is -2.32. The summed E-state index contributed by atoms with van der Waals surface area (Å²) in [5, 5.41) is 6.13. The highest BCUT2D eigenvalue weighted by molar-refractivity contribution is 6.25. The molecule has 0 spiro atoms. The Kier molecular flexibility index (Phi) is 7.40. The van der Waals surface area contributed by atoms with Gasteiger partial charge in [0, 0.05) is 45.5 Å². The number of benzene rings is 4. The molecule has 0 saturated carbocycles. The highest BCUT2D eigenvalue weighted by Gasteiger charge is 2.33. The lowest BCUT2D eigenvalue weighted by Crippen LogP contribution is -2.35. The fourth-order valence-corrected chi connectivity index (χ4v) is 7.25. The molecule has 3 aliphatic rings. The third kappa shape index (κ3) is 4.97. The van der Waals surface area contributed by atoms with Crippen molar-refractivity contribution in [2.75, 3.05) is 18.4 Å². The van der Waals surface area contributed by atoms with Gasteiger partial charge in [-0.2, -0.15) is 0 Å². The van der Waals surface area contributed by atoms with Gasteiger partial charge in [0.1, 0.15) is 11.8 Å². The van der Waals surface area contributed by atoms with E-state index in [2.05, 4.69) is 16.2 Å². The number of nitrogens with one attached hydrogen (secondary N) is 1. The third-order valence-electron chi connectivity index (χ3n) is 9.64. The number of ketones is 1. The van der Waals surface area contributed by atoms with Crippen LogP contribution in [0.2, 0.25) is 0 Å². The number of fused-ring (bicyclic) bond motifs is 4. The summed E-state index contributed by atoms with van der Waals surface area (Å²) in [6, 6.07) is 23.3. The Bertz CT molecular complexity index is 2160. The van der Waals surface area contributed by atoms with Gasteiger partial charge in [0.25, 0.3) is 5.91 Å². The molecule has 2 unspecified atom stereocenters. The minimum Gasteiger partial charge on any atom is -0.322 e. The maximum absolute atomic E-state index is 15.1. The molecule has 1 N–H and O–H groups in total. The molecule has 45 heavy (non-hydrogen) atoms. The van der Waals surface area contributed by atoms with E-state index >= 15 is 4.39 Å². The fraction of sp³-hybridized carbons (Fsp3) is 0.231. The highest BCUT2D eigenvalue weighted by atomic mass is 19.1. The number of aryl methyl sites for hydroxylation is 1. The molecule has 4 aromatic rings. The van der Waals surface area contributed by atoms with Crippen LogP contribution in [0.5, 0.6) is 0 Å². The van der Waals surface area contributed by atoms with Crippen LogP contribution < -0.4 is 15.8 Å². The zero-order valence-electron chi connectivity index (χ0n) is 25.3. The molecule has 2 atom stereocenters. The molecule has 1 saturated heterocycles. The Labute approximate surface area is 260 Å². The topological polar surface area (TPSA) is 66.5 Å². The summed E-state index contributed by atoms with van der Waals surface area (Å²) in [4.78, 5) is 41.8. The first-order chi connectivity index (χ1) is 21.9. The molecule has 4 aromatic carbocycles.